The van der Waals surface area contributed by atoms with E-state index >= 15 is 0 Å². The van der Waals surface area contributed by atoms with Crippen LogP contribution in [0.5, 0.6) is 0 Å². The molecule has 0 radical (unpaired) electrons. The van der Waals surface area contributed by atoms with Gasteiger partial charge in [-0.25, -0.2) is 13.2 Å². The summed E-state index contributed by atoms with van der Waals surface area (Å²) in [6.45, 7) is 8.42. The van der Waals surface area contributed by atoms with Crippen LogP contribution < -0.4 is 5.32 Å². The van der Waals surface area contributed by atoms with Gasteiger partial charge in [-0.15, -0.1) is 11.3 Å². The minimum Gasteiger partial charge on any atom is -0.462 e. The molecule has 1 aromatic heterocycles. The molecule has 0 unspecified atom stereocenters. The highest BCUT2D eigenvalue weighted by atomic mass is 32.2. The molecule has 0 spiro atoms. The quantitative estimate of drug-likeness (QED) is 0.550. The van der Waals surface area contributed by atoms with Gasteiger partial charge >= 0.3 is 5.97 Å². The normalized spacial score (nSPS) is 20.3. The highest BCUT2D eigenvalue weighted by molar-refractivity contribution is 7.89. The standard InChI is InChI=1S/C25H31N3O7S2/c1-5-34-25(31)22-20-10-11-27(17(4)29)14-21(20)36-24(22)26-23(30)18-6-8-19(9-7-18)37(32,33)28-12-15(2)35-16(3)13-28/h6-9,15-16H,5,10-14H2,1-4H3,(H,26,30)/t15-,16+. The summed E-state index contributed by atoms with van der Waals surface area (Å²) in [6, 6.07) is 5.71. The maximum absolute atomic E-state index is 13.1. The van der Waals surface area contributed by atoms with Crippen LogP contribution in [0.2, 0.25) is 0 Å². The minimum atomic E-state index is -3.74. The summed E-state index contributed by atoms with van der Waals surface area (Å²) in [4.78, 5) is 40.3. The molecule has 2 atom stereocenters. The SMILES string of the molecule is CCOC(=O)c1c(NC(=O)c2ccc(S(=O)(=O)N3C[C@@H](C)O[C@@H](C)C3)cc2)sc2c1CCN(C(C)=O)C2. The van der Waals surface area contributed by atoms with Crippen LogP contribution >= 0.6 is 11.3 Å². The number of benzene rings is 1. The lowest BCUT2D eigenvalue weighted by Crippen LogP contribution is -2.48. The monoisotopic (exact) mass is 549 g/mol. The zero-order chi connectivity index (χ0) is 26.9. The van der Waals surface area contributed by atoms with Crippen molar-refractivity contribution in [3.63, 3.8) is 0 Å². The third-order valence-electron chi connectivity index (χ3n) is 6.35. The fourth-order valence-electron chi connectivity index (χ4n) is 4.61. The Balaban J connectivity index is 1.56. The Hall–Kier alpha value is -2.80. The number of hydrogen-bond donors (Lipinski definition) is 1. The molecule has 0 saturated carbocycles. The van der Waals surface area contributed by atoms with Crippen LogP contribution in [0, 0.1) is 0 Å². The number of fused-ring (bicyclic) bond motifs is 1. The highest BCUT2D eigenvalue weighted by Gasteiger charge is 2.33. The molecule has 12 heteroatoms. The number of hydrogen-bond acceptors (Lipinski definition) is 8. The number of nitrogens with zero attached hydrogens (tertiary/aromatic N) is 2. The molecule has 2 aliphatic rings. The summed E-state index contributed by atoms with van der Waals surface area (Å²) in [5.74, 6) is -1.06. The van der Waals surface area contributed by atoms with E-state index < -0.39 is 21.9 Å². The van der Waals surface area contributed by atoms with Crippen LogP contribution in [0.1, 0.15) is 58.9 Å². The van der Waals surface area contributed by atoms with Crippen molar-refractivity contribution < 1.29 is 32.3 Å². The summed E-state index contributed by atoms with van der Waals surface area (Å²) in [5.41, 5.74) is 1.34. The van der Waals surface area contributed by atoms with Crippen LogP contribution in [0.15, 0.2) is 29.2 Å². The van der Waals surface area contributed by atoms with Crippen LogP contribution in [0.3, 0.4) is 0 Å². The van der Waals surface area contributed by atoms with Crippen LogP contribution in [0.25, 0.3) is 0 Å². The van der Waals surface area contributed by atoms with Gasteiger partial charge in [0.1, 0.15) is 5.00 Å². The molecule has 2 aliphatic heterocycles. The number of ether oxygens (including phenoxy) is 2. The van der Waals surface area contributed by atoms with Gasteiger partial charge in [-0.05, 0) is 57.0 Å². The molecule has 3 heterocycles. The van der Waals surface area contributed by atoms with E-state index in [2.05, 4.69) is 5.32 Å². The number of carbonyl (C=O) groups excluding carboxylic acids is 3. The van der Waals surface area contributed by atoms with Crippen molar-refractivity contribution in [1.82, 2.24) is 9.21 Å². The summed E-state index contributed by atoms with van der Waals surface area (Å²) in [7, 11) is -3.74. The molecular formula is C25H31N3O7S2. The maximum atomic E-state index is 13.1. The number of esters is 1. The lowest BCUT2D eigenvalue weighted by molar-refractivity contribution is -0.129. The first-order valence-electron chi connectivity index (χ1n) is 12.2. The van der Waals surface area contributed by atoms with Gasteiger partial charge in [0, 0.05) is 37.0 Å². The van der Waals surface area contributed by atoms with Crippen molar-refractivity contribution in [2.75, 3.05) is 31.6 Å². The fraction of sp³-hybridized carbons (Fsp3) is 0.480. The first-order valence-corrected chi connectivity index (χ1v) is 14.4. The van der Waals surface area contributed by atoms with E-state index in [0.29, 0.717) is 30.1 Å². The first-order chi connectivity index (χ1) is 17.5. The van der Waals surface area contributed by atoms with Gasteiger partial charge < -0.3 is 19.7 Å². The molecule has 1 fully saturated rings. The van der Waals surface area contributed by atoms with Gasteiger partial charge in [0.15, 0.2) is 0 Å². The van der Waals surface area contributed by atoms with E-state index in [4.69, 9.17) is 9.47 Å². The van der Waals surface area contributed by atoms with Crippen LogP contribution in [0.4, 0.5) is 5.00 Å². The van der Waals surface area contributed by atoms with Crippen LogP contribution in [-0.2, 0) is 37.3 Å². The van der Waals surface area contributed by atoms with E-state index in [-0.39, 0.29) is 48.3 Å². The molecule has 200 valence electrons. The Morgan fingerprint density at radius 3 is 2.38 bits per heavy atom. The number of thiophene rings is 1. The lowest BCUT2D eigenvalue weighted by atomic mass is 10.0. The smallest absolute Gasteiger partial charge is 0.341 e. The molecule has 10 nitrogen and oxygen atoms in total. The summed E-state index contributed by atoms with van der Waals surface area (Å²) in [6.07, 6.45) is 0.0634. The number of amides is 2. The molecule has 37 heavy (non-hydrogen) atoms. The summed E-state index contributed by atoms with van der Waals surface area (Å²) >= 11 is 1.25. The maximum Gasteiger partial charge on any atom is 0.341 e. The van der Waals surface area contributed by atoms with E-state index in [0.717, 1.165) is 10.4 Å². The molecule has 0 bridgehead atoms. The molecule has 1 N–H and O–H groups in total. The molecule has 1 saturated heterocycles. The number of nitrogens with one attached hydrogen (secondary N) is 1. The molecular weight excluding hydrogens is 518 g/mol. The Morgan fingerprint density at radius 2 is 1.78 bits per heavy atom. The van der Waals surface area contributed by atoms with Gasteiger partial charge in [-0.3, -0.25) is 9.59 Å². The number of morpholine rings is 1. The first kappa shape index (κ1) is 27.2. The lowest BCUT2D eigenvalue weighted by Gasteiger charge is -2.34. The average molecular weight is 550 g/mol. The number of rotatable bonds is 6. The van der Waals surface area contributed by atoms with Gasteiger partial charge in [0.2, 0.25) is 15.9 Å². The van der Waals surface area contributed by atoms with Crippen molar-refractivity contribution in [1.29, 1.82) is 0 Å². The second-order valence-electron chi connectivity index (χ2n) is 9.18. The van der Waals surface area contributed by atoms with Crippen molar-refractivity contribution in [2.45, 2.75) is 57.8 Å². The second-order valence-corrected chi connectivity index (χ2v) is 12.2. The van der Waals surface area contributed by atoms with E-state index in [9.17, 15) is 22.8 Å². The van der Waals surface area contributed by atoms with E-state index in [1.54, 1.807) is 11.8 Å². The number of carbonyl (C=O) groups is 3. The largest absolute Gasteiger partial charge is 0.462 e. The molecule has 2 amide bonds. The third-order valence-corrected chi connectivity index (χ3v) is 9.33. The third kappa shape index (κ3) is 5.71. The Bertz CT molecular complexity index is 1290. The van der Waals surface area contributed by atoms with Crippen molar-refractivity contribution in [3.8, 4) is 0 Å². The van der Waals surface area contributed by atoms with Gasteiger partial charge in [0.25, 0.3) is 5.91 Å². The van der Waals surface area contributed by atoms with Crippen molar-refractivity contribution in [3.05, 3.63) is 45.8 Å². The zero-order valence-electron chi connectivity index (χ0n) is 21.3. The minimum absolute atomic E-state index is 0.0571. The van der Waals surface area contributed by atoms with Crippen LogP contribution in [-0.4, -0.2) is 73.9 Å². The summed E-state index contributed by atoms with van der Waals surface area (Å²) < 4.78 is 38.5. The zero-order valence-corrected chi connectivity index (χ0v) is 22.9. The van der Waals surface area contributed by atoms with E-state index in [1.165, 1.54) is 46.8 Å². The second kappa shape index (κ2) is 10.9. The molecule has 4 rings (SSSR count). The predicted octanol–water partition coefficient (Wildman–Crippen LogP) is 2.88. The van der Waals surface area contributed by atoms with Gasteiger partial charge in [-0.2, -0.15) is 4.31 Å². The van der Waals surface area contributed by atoms with Gasteiger partial charge in [0.05, 0.1) is 35.8 Å². The number of anilines is 1. The summed E-state index contributed by atoms with van der Waals surface area (Å²) in [5, 5.41) is 3.15. The topological polar surface area (TPSA) is 122 Å². The highest BCUT2D eigenvalue weighted by Crippen LogP contribution is 2.38. The van der Waals surface area contributed by atoms with Gasteiger partial charge in [-0.1, -0.05) is 0 Å². The average Bonchev–Trinajstić information content (AvgIpc) is 3.20. The Labute approximate surface area is 220 Å². The molecule has 1 aromatic carbocycles. The van der Waals surface area contributed by atoms with Crippen molar-refractivity contribution in [2.24, 2.45) is 0 Å². The molecule has 0 aliphatic carbocycles. The molecule has 2 aromatic rings. The Morgan fingerprint density at radius 1 is 1.14 bits per heavy atom. The number of sulfonamides is 1. The predicted molar refractivity (Wildman–Crippen MR) is 138 cm³/mol. The van der Waals surface area contributed by atoms with E-state index in [1.807, 2.05) is 13.8 Å². The Kier molecular flexibility index (Phi) is 8.02. The fourth-order valence-corrected chi connectivity index (χ4v) is 7.45. The van der Waals surface area contributed by atoms with Crippen molar-refractivity contribution >= 4 is 44.1 Å².